The van der Waals surface area contributed by atoms with E-state index in [1.807, 2.05) is 0 Å². The average Bonchev–Trinajstić information content (AvgIpc) is 2.96. The molecule has 2 aromatic heterocycles. The fourth-order valence-corrected chi connectivity index (χ4v) is 1.08. The molecule has 92 valence electrons. The average molecular weight is 257 g/mol. The van der Waals surface area contributed by atoms with Crippen molar-refractivity contribution < 1.29 is 18.0 Å². The lowest BCUT2D eigenvalue weighted by molar-refractivity contribution is -0.146. The maximum Gasteiger partial charge on any atom is 0.451 e. The van der Waals surface area contributed by atoms with E-state index in [0.29, 0.717) is 4.68 Å². The van der Waals surface area contributed by atoms with Gasteiger partial charge in [0.05, 0.1) is 0 Å². The van der Waals surface area contributed by atoms with E-state index < -0.39 is 23.9 Å². The second-order valence-corrected chi connectivity index (χ2v) is 2.90. The van der Waals surface area contributed by atoms with Crippen molar-refractivity contribution in [2.75, 3.05) is 0 Å². The van der Waals surface area contributed by atoms with E-state index in [1.165, 1.54) is 6.07 Å². The predicted octanol–water partition coefficient (Wildman–Crippen LogP) is 0.276. The molecule has 0 N–H and O–H groups in total. The zero-order chi connectivity index (χ0) is 13.3. The van der Waals surface area contributed by atoms with E-state index in [2.05, 4.69) is 20.2 Å². The molecular weight excluding hydrogens is 255 g/mol. The third-order valence-electron chi connectivity index (χ3n) is 1.76. The SMILES string of the molecule is N#Cc1nc(C(F)(F)F)n(C(=O)n2cncn2)n1. The van der Waals surface area contributed by atoms with Crippen molar-refractivity contribution in [1.82, 2.24) is 29.5 Å². The van der Waals surface area contributed by atoms with Gasteiger partial charge in [0, 0.05) is 0 Å². The van der Waals surface area contributed by atoms with Crippen molar-refractivity contribution in [2.45, 2.75) is 6.18 Å². The van der Waals surface area contributed by atoms with Crippen LogP contribution < -0.4 is 0 Å². The molecular formula is C7H2F3N7O. The first-order valence-corrected chi connectivity index (χ1v) is 4.27. The van der Waals surface area contributed by atoms with E-state index in [4.69, 9.17) is 5.26 Å². The Morgan fingerprint density at radius 3 is 2.67 bits per heavy atom. The number of rotatable bonds is 0. The van der Waals surface area contributed by atoms with E-state index in [9.17, 15) is 18.0 Å². The largest absolute Gasteiger partial charge is 0.451 e. The summed E-state index contributed by atoms with van der Waals surface area (Å²) in [4.78, 5) is 17.9. The molecule has 0 spiro atoms. The quantitative estimate of drug-likeness (QED) is 0.671. The minimum atomic E-state index is -4.92. The molecule has 0 aliphatic heterocycles. The van der Waals surface area contributed by atoms with Crippen molar-refractivity contribution in [2.24, 2.45) is 0 Å². The van der Waals surface area contributed by atoms with Gasteiger partial charge in [-0.05, 0) is 0 Å². The molecule has 0 unspecified atom stereocenters. The first kappa shape index (κ1) is 11.7. The molecule has 2 rings (SSSR count). The number of alkyl halides is 3. The Bertz CT molecular complexity index is 620. The zero-order valence-corrected chi connectivity index (χ0v) is 8.33. The minimum absolute atomic E-state index is 0.0484. The first-order chi connectivity index (χ1) is 8.43. The number of nitrogens with zero attached hydrogens (tertiary/aromatic N) is 7. The molecule has 0 saturated heterocycles. The summed E-state index contributed by atoms with van der Waals surface area (Å²) in [5, 5.41) is 15.0. The third kappa shape index (κ3) is 1.90. The molecule has 2 heterocycles. The lowest BCUT2D eigenvalue weighted by Gasteiger charge is -2.05. The lowest BCUT2D eigenvalue weighted by Crippen LogP contribution is -2.27. The van der Waals surface area contributed by atoms with Gasteiger partial charge in [-0.2, -0.15) is 37.9 Å². The molecule has 2 aromatic rings. The zero-order valence-electron chi connectivity index (χ0n) is 8.33. The summed E-state index contributed by atoms with van der Waals surface area (Å²) in [5.41, 5.74) is 0. The van der Waals surface area contributed by atoms with Crippen LogP contribution in [-0.2, 0) is 6.18 Å². The van der Waals surface area contributed by atoms with Crippen LogP contribution in [0.1, 0.15) is 11.6 Å². The predicted molar refractivity (Wildman–Crippen MR) is 46.0 cm³/mol. The summed E-state index contributed by atoms with van der Waals surface area (Å²) in [5.74, 6) is -2.37. The van der Waals surface area contributed by atoms with Crippen molar-refractivity contribution >= 4 is 6.03 Å². The van der Waals surface area contributed by atoms with Gasteiger partial charge in [-0.3, -0.25) is 0 Å². The fourth-order valence-electron chi connectivity index (χ4n) is 1.08. The summed E-state index contributed by atoms with van der Waals surface area (Å²) < 4.78 is 38.2. The Kier molecular flexibility index (Phi) is 2.55. The summed E-state index contributed by atoms with van der Waals surface area (Å²) >= 11 is 0. The molecule has 0 atom stereocenters. The van der Waals surface area contributed by atoms with Crippen LogP contribution in [0.5, 0.6) is 0 Å². The lowest BCUT2D eigenvalue weighted by atomic mass is 10.6. The third-order valence-corrected chi connectivity index (χ3v) is 1.76. The number of aromatic nitrogens is 6. The van der Waals surface area contributed by atoms with Gasteiger partial charge < -0.3 is 0 Å². The Balaban J connectivity index is 2.54. The van der Waals surface area contributed by atoms with Gasteiger partial charge in [0.1, 0.15) is 18.7 Å². The van der Waals surface area contributed by atoms with Gasteiger partial charge in [0.15, 0.2) is 0 Å². The Labute approximate surface area is 96.3 Å². The number of nitriles is 1. The van der Waals surface area contributed by atoms with Crippen LogP contribution in [0.2, 0.25) is 0 Å². The van der Waals surface area contributed by atoms with E-state index in [1.54, 1.807) is 0 Å². The standard InChI is InChI=1S/C7H2F3N7O/c8-7(9,10)5-14-4(1-11)15-17(5)6(18)16-3-12-2-13-16/h2-3H. The summed E-state index contributed by atoms with van der Waals surface area (Å²) in [6.45, 7) is 0. The molecule has 0 fully saturated rings. The number of hydrogen-bond acceptors (Lipinski definition) is 6. The summed E-state index contributed by atoms with van der Waals surface area (Å²) in [7, 11) is 0. The highest BCUT2D eigenvalue weighted by molar-refractivity contribution is 5.77. The molecule has 0 aromatic carbocycles. The normalized spacial score (nSPS) is 11.2. The maximum atomic E-state index is 12.6. The van der Waals surface area contributed by atoms with Crippen LogP contribution in [0.15, 0.2) is 12.7 Å². The van der Waals surface area contributed by atoms with Crippen LogP contribution in [0.25, 0.3) is 0 Å². The van der Waals surface area contributed by atoms with Gasteiger partial charge in [-0.1, -0.05) is 0 Å². The molecule has 0 amide bonds. The van der Waals surface area contributed by atoms with Gasteiger partial charge in [-0.15, -0.1) is 5.10 Å². The van der Waals surface area contributed by atoms with Gasteiger partial charge in [0.2, 0.25) is 5.82 Å². The van der Waals surface area contributed by atoms with Crippen molar-refractivity contribution in [1.29, 1.82) is 5.26 Å². The molecule has 0 bridgehead atoms. The number of carbonyl (C=O) groups is 1. The second-order valence-electron chi connectivity index (χ2n) is 2.90. The van der Waals surface area contributed by atoms with Crippen LogP contribution in [0, 0.1) is 11.3 Å². The van der Waals surface area contributed by atoms with Crippen LogP contribution in [0.3, 0.4) is 0 Å². The highest BCUT2D eigenvalue weighted by Gasteiger charge is 2.40. The monoisotopic (exact) mass is 257 g/mol. The minimum Gasteiger partial charge on any atom is -0.243 e. The van der Waals surface area contributed by atoms with Crippen molar-refractivity contribution in [3.05, 3.63) is 24.3 Å². The first-order valence-electron chi connectivity index (χ1n) is 4.27. The van der Waals surface area contributed by atoms with Gasteiger partial charge >= 0.3 is 12.2 Å². The molecule has 11 heteroatoms. The van der Waals surface area contributed by atoms with Crippen LogP contribution >= 0.6 is 0 Å². The Morgan fingerprint density at radius 2 is 2.17 bits per heavy atom. The Morgan fingerprint density at radius 1 is 1.44 bits per heavy atom. The molecule has 8 nitrogen and oxygen atoms in total. The van der Waals surface area contributed by atoms with Gasteiger partial charge in [-0.25, -0.2) is 9.78 Å². The molecule has 0 saturated carbocycles. The highest BCUT2D eigenvalue weighted by Crippen LogP contribution is 2.27. The van der Waals surface area contributed by atoms with Gasteiger partial charge in [0.25, 0.3) is 5.82 Å². The maximum absolute atomic E-state index is 12.6. The summed E-state index contributed by atoms with van der Waals surface area (Å²) in [6.07, 6.45) is -3.05. The Hall–Kier alpha value is -2.77. The number of hydrogen-bond donors (Lipinski definition) is 0. The number of carbonyl (C=O) groups excluding carboxylic acids is 1. The fraction of sp³-hybridized carbons (Fsp3) is 0.143. The van der Waals surface area contributed by atoms with E-state index in [-0.39, 0.29) is 4.68 Å². The smallest absolute Gasteiger partial charge is 0.243 e. The molecule has 0 aliphatic rings. The van der Waals surface area contributed by atoms with Crippen molar-refractivity contribution in [3.63, 3.8) is 0 Å². The second kappa shape index (κ2) is 3.91. The number of halogens is 3. The van der Waals surface area contributed by atoms with E-state index in [0.717, 1.165) is 12.7 Å². The van der Waals surface area contributed by atoms with Crippen LogP contribution in [0.4, 0.5) is 18.0 Å². The van der Waals surface area contributed by atoms with Crippen molar-refractivity contribution in [3.8, 4) is 6.07 Å². The summed E-state index contributed by atoms with van der Waals surface area (Å²) in [6, 6.07) is 0.0776. The molecule has 0 radical (unpaired) electrons. The molecule has 18 heavy (non-hydrogen) atoms. The van der Waals surface area contributed by atoms with Crippen LogP contribution in [-0.4, -0.2) is 35.6 Å². The van der Waals surface area contributed by atoms with E-state index >= 15 is 0 Å². The highest BCUT2D eigenvalue weighted by atomic mass is 19.4. The topological polar surface area (TPSA) is 102 Å². The molecule has 0 aliphatic carbocycles.